The molecule has 0 spiro atoms. The minimum atomic E-state index is -1.04. The van der Waals surface area contributed by atoms with Gasteiger partial charge in [-0.25, -0.2) is 4.68 Å². The van der Waals surface area contributed by atoms with Gasteiger partial charge in [-0.3, -0.25) is 14.7 Å². The number of nitrogens with zero attached hydrogens (tertiary/aromatic N) is 1. The number of carboxylic acid groups (broad SMARTS) is 1. The molecule has 1 aromatic heterocycles. The van der Waals surface area contributed by atoms with Crippen LogP contribution in [-0.4, -0.2) is 20.9 Å². The molecule has 0 saturated carbocycles. The molecule has 0 amide bonds. The first-order valence-corrected chi connectivity index (χ1v) is 3.78. The van der Waals surface area contributed by atoms with Crippen LogP contribution in [0.5, 0.6) is 0 Å². The summed E-state index contributed by atoms with van der Waals surface area (Å²) >= 11 is 0. The lowest BCUT2D eigenvalue weighted by molar-refractivity contribution is -0.137. The van der Waals surface area contributed by atoms with Crippen LogP contribution in [0, 0.1) is 0 Å². The summed E-state index contributed by atoms with van der Waals surface area (Å²) in [5, 5.41) is 11.2. The fourth-order valence-corrected chi connectivity index (χ4v) is 1.34. The Morgan fingerprint density at radius 2 is 2.38 bits per heavy atom. The molecule has 70 valence electrons. The molecule has 2 heterocycles. The molecule has 13 heavy (non-hydrogen) atoms. The van der Waals surface area contributed by atoms with Crippen LogP contribution in [0.3, 0.4) is 0 Å². The van der Waals surface area contributed by atoms with E-state index in [1.165, 1.54) is 0 Å². The fourth-order valence-electron chi connectivity index (χ4n) is 1.34. The van der Waals surface area contributed by atoms with Crippen LogP contribution < -0.4 is 5.56 Å². The molecule has 6 heteroatoms. The highest BCUT2D eigenvalue weighted by molar-refractivity contribution is 5.66. The average Bonchev–Trinajstić information content (AvgIpc) is 2.56. The number of hydrogen-bond acceptors (Lipinski definition) is 3. The van der Waals surface area contributed by atoms with Crippen molar-refractivity contribution in [1.82, 2.24) is 9.78 Å². The zero-order chi connectivity index (χ0) is 9.42. The van der Waals surface area contributed by atoms with Crippen LogP contribution in [0.15, 0.2) is 4.79 Å². The van der Waals surface area contributed by atoms with Gasteiger partial charge in [-0.2, -0.15) is 0 Å². The van der Waals surface area contributed by atoms with Crippen molar-refractivity contribution in [3.63, 3.8) is 0 Å². The Hall–Kier alpha value is -1.56. The van der Waals surface area contributed by atoms with Gasteiger partial charge >= 0.3 is 5.97 Å². The summed E-state index contributed by atoms with van der Waals surface area (Å²) in [5.74, 6) is -1.04. The van der Waals surface area contributed by atoms with E-state index in [4.69, 9.17) is 9.84 Å². The third-order valence-electron chi connectivity index (χ3n) is 1.92. The Morgan fingerprint density at radius 3 is 3.00 bits per heavy atom. The largest absolute Gasteiger partial charge is 0.480 e. The lowest BCUT2D eigenvalue weighted by Crippen LogP contribution is -2.23. The lowest BCUT2D eigenvalue weighted by atomic mass is 10.3. The summed E-state index contributed by atoms with van der Waals surface area (Å²) < 4.78 is 6.08. The zero-order valence-electron chi connectivity index (χ0n) is 6.74. The highest BCUT2D eigenvalue weighted by Crippen LogP contribution is 2.12. The van der Waals surface area contributed by atoms with Crippen LogP contribution in [0.1, 0.15) is 11.3 Å². The number of aromatic amines is 1. The summed E-state index contributed by atoms with van der Waals surface area (Å²) in [6, 6.07) is 0. The quantitative estimate of drug-likeness (QED) is 0.636. The molecule has 0 aromatic carbocycles. The van der Waals surface area contributed by atoms with Gasteiger partial charge in [0.15, 0.2) is 0 Å². The predicted molar refractivity (Wildman–Crippen MR) is 41.2 cm³/mol. The SMILES string of the molecule is O=C(O)Cn1[nH]c2c(c1=O)COC2. The maximum absolute atomic E-state index is 11.4. The molecule has 6 nitrogen and oxygen atoms in total. The topological polar surface area (TPSA) is 84.3 Å². The molecule has 1 aliphatic rings. The molecule has 2 rings (SSSR count). The predicted octanol–water partition coefficient (Wildman–Crippen LogP) is -0.709. The molecule has 0 atom stereocenters. The zero-order valence-corrected chi connectivity index (χ0v) is 6.74. The Balaban J connectivity index is 2.39. The van der Waals surface area contributed by atoms with E-state index in [0.29, 0.717) is 17.9 Å². The van der Waals surface area contributed by atoms with Crippen molar-refractivity contribution in [2.45, 2.75) is 19.8 Å². The van der Waals surface area contributed by atoms with Gasteiger partial charge in [-0.1, -0.05) is 0 Å². The maximum atomic E-state index is 11.4. The van der Waals surface area contributed by atoms with E-state index in [2.05, 4.69) is 5.10 Å². The van der Waals surface area contributed by atoms with E-state index in [-0.39, 0.29) is 18.7 Å². The number of H-pyrrole nitrogens is 1. The first-order chi connectivity index (χ1) is 6.18. The Labute approximate surface area is 72.7 Å². The molecule has 0 unspecified atom stereocenters. The second-order valence-corrected chi connectivity index (χ2v) is 2.85. The molecule has 0 radical (unpaired) electrons. The molecule has 0 fully saturated rings. The smallest absolute Gasteiger partial charge is 0.325 e. The van der Waals surface area contributed by atoms with E-state index in [1.54, 1.807) is 0 Å². The third kappa shape index (κ3) is 1.25. The standard InChI is InChI=1S/C7H8N2O4/c10-6(11)1-9-7(12)4-2-13-3-5(4)8-9/h8H,1-3H2,(H,10,11). The Bertz CT molecular complexity index is 403. The first kappa shape index (κ1) is 8.06. The summed E-state index contributed by atoms with van der Waals surface area (Å²) in [5.41, 5.74) is 0.933. The number of aromatic nitrogens is 2. The van der Waals surface area contributed by atoms with Gasteiger partial charge in [0, 0.05) is 0 Å². The maximum Gasteiger partial charge on any atom is 0.325 e. The van der Waals surface area contributed by atoms with Crippen molar-refractivity contribution in [2.75, 3.05) is 0 Å². The highest BCUT2D eigenvalue weighted by Gasteiger charge is 2.20. The lowest BCUT2D eigenvalue weighted by Gasteiger charge is -1.96. The summed E-state index contributed by atoms with van der Waals surface area (Å²) in [6.45, 7) is 0.306. The second kappa shape index (κ2) is 2.74. The molecule has 0 bridgehead atoms. The van der Waals surface area contributed by atoms with Gasteiger partial charge in [0.25, 0.3) is 5.56 Å². The van der Waals surface area contributed by atoms with Crippen LogP contribution in [-0.2, 0) is 29.3 Å². The number of rotatable bonds is 2. The van der Waals surface area contributed by atoms with Crippen molar-refractivity contribution in [3.8, 4) is 0 Å². The van der Waals surface area contributed by atoms with E-state index in [1.807, 2.05) is 0 Å². The molecule has 0 saturated heterocycles. The van der Waals surface area contributed by atoms with Crippen LogP contribution in [0.25, 0.3) is 0 Å². The minimum absolute atomic E-state index is 0.275. The van der Waals surface area contributed by atoms with E-state index >= 15 is 0 Å². The summed E-state index contributed by atoms with van der Waals surface area (Å²) in [4.78, 5) is 21.7. The Kier molecular flexibility index (Phi) is 1.70. The van der Waals surface area contributed by atoms with Crippen molar-refractivity contribution in [3.05, 3.63) is 21.6 Å². The van der Waals surface area contributed by atoms with Gasteiger partial charge in [0.1, 0.15) is 6.54 Å². The van der Waals surface area contributed by atoms with Crippen LogP contribution in [0.2, 0.25) is 0 Å². The summed E-state index contributed by atoms with van der Waals surface area (Å²) in [6.07, 6.45) is 0. The molecular weight excluding hydrogens is 176 g/mol. The van der Waals surface area contributed by atoms with Crippen molar-refractivity contribution >= 4 is 5.97 Å². The fraction of sp³-hybridized carbons (Fsp3) is 0.429. The molecule has 2 N–H and O–H groups in total. The molecule has 1 aliphatic heterocycles. The van der Waals surface area contributed by atoms with Gasteiger partial charge in [0.2, 0.25) is 0 Å². The van der Waals surface area contributed by atoms with E-state index < -0.39 is 5.97 Å². The highest BCUT2D eigenvalue weighted by atomic mass is 16.5. The molecular formula is C7H8N2O4. The van der Waals surface area contributed by atoms with Gasteiger partial charge in [-0.15, -0.1) is 0 Å². The number of carboxylic acids is 1. The van der Waals surface area contributed by atoms with Gasteiger partial charge < -0.3 is 9.84 Å². The normalized spacial score (nSPS) is 14.5. The van der Waals surface area contributed by atoms with Crippen molar-refractivity contribution in [1.29, 1.82) is 0 Å². The number of carbonyl (C=O) groups is 1. The average molecular weight is 184 g/mol. The monoisotopic (exact) mass is 184 g/mol. The summed E-state index contributed by atoms with van der Waals surface area (Å²) in [7, 11) is 0. The first-order valence-electron chi connectivity index (χ1n) is 3.78. The van der Waals surface area contributed by atoms with Gasteiger partial charge in [0.05, 0.1) is 24.5 Å². The van der Waals surface area contributed by atoms with E-state index in [9.17, 15) is 9.59 Å². The van der Waals surface area contributed by atoms with Crippen LogP contribution >= 0.6 is 0 Å². The minimum Gasteiger partial charge on any atom is -0.480 e. The molecule has 0 aliphatic carbocycles. The number of hydrogen-bond donors (Lipinski definition) is 2. The number of nitrogens with one attached hydrogen (secondary N) is 1. The van der Waals surface area contributed by atoms with Crippen LogP contribution in [0.4, 0.5) is 0 Å². The third-order valence-corrected chi connectivity index (χ3v) is 1.92. The van der Waals surface area contributed by atoms with Gasteiger partial charge in [-0.05, 0) is 0 Å². The van der Waals surface area contributed by atoms with Crippen molar-refractivity contribution in [2.24, 2.45) is 0 Å². The molecule has 1 aromatic rings. The van der Waals surface area contributed by atoms with Crippen molar-refractivity contribution < 1.29 is 14.6 Å². The second-order valence-electron chi connectivity index (χ2n) is 2.85. The van der Waals surface area contributed by atoms with E-state index in [0.717, 1.165) is 4.68 Å². The number of aliphatic carboxylic acids is 1. The number of ether oxygens (including phenoxy) is 1. The Morgan fingerprint density at radius 1 is 1.62 bits per heavy atom. The number of fused-ring (bicyclic) bond motifs is 1.